The molecule has 0 aromatic carbocycles. The van der Waals surface area contributed by atoms with E-state index in [1.807, 2.05) is 0 Å². The molecule has 1 aliphatic heterocycles. The van der Waals surface area contributed by atoms with Gasteiger partial charge < -0.3 is 5.32 Å². The van der Waals surface area contributed by atoms with E-state index in [9.17, 15) is 4.21 Å². The molecule has 1 N–H and O–H groups in total. The summed E-state index contributed by atoms with van der Waals surface area (Å²) in [5, 5.41) is 3.35. The Labute approximate surface area is 101 Å². The highest BCUT2D eigenvalue weighted by molar-refractivity contribution is 7.84. The summed E-state index contributed by atoms with van der Waals surface area (Å²) in [7, 11) is -0.798. The minimum Gasteiger partial charge on any atom is -0.313 e. The first-order valence-corrected chi connectivity index (χ1v) is 7.61. The van der Waals surface area contributed by atoms with Crippen molar-refractivity contribution in [3.8, 4) is 0 Å². The standard InChI is InChI=1S/C9H13ClN2OS2/c10-9-12-4-8(14-9)6-15(13)5-7-2-1-3-11-7/h4,7,11H,1-3,5-6H2/t7-,15+/m1/s1. The van der Waals surface area contributed by atoms with E-state index < -0.39 is 10.8 Å². The summed E-state index contributed by atoms with van der Waals surface area (Å²) in [5.41, 5.74) is 0. The number of thiazole rings is 1. The molecule has 0 radical (unpaired) electrons. The number of nitrogens with one attached hydrogen (secondary N) is 1. The minimum atomic E-state index is -0.798. The van der Waals surface area contributed by atoms with E-state index in [-0.39, 0.29) is 0 Å². The quantitative estimate of drug-likeness (QED) is 0.902. The van der Waals surface area contributed by atoms with Crippen molar-refractivity contribution >= 4 is 33.7 Å². The topological polar surface area (TPSA) is 42.0 Å². The molecule has 2 heterocycles. The third kappa shape index (κ3) is 3.52. The van der Waals surface area contributed by atoms with Gasteiger partial charge in [-0.25, -0.2) is 4.98 Å². The Bertz CT molecular complexity index is 350. The molecule has 0 amide bonds. The van der Waals surface area contributed by atoms with Gasteiger partial charge in [0.05, 0.1) is 5.75 Å². The van der Waals surface area contributed by atoms with E-state index in [1.165, 1.54) is 17.8 Å². The Morgan fingerprint density at radius 3 is 3.20 bits per heavy atom. The van der Waals surface area contributed by atoms with Crippen LogP contribution in [0.3, 0.4) is 0 Å². The Kier molecular flexibility index (Phi) is 4.13. The Morgan fingerprint density at radius 1 is 1.73 bits per heavy atom. The van der Waals surface area contributed by atoms with Gasteiger partial charge in [-0.15, -0.1) is 11.3 Å². The van der Waals surface area contributed by atoms with Crippen molar-refractivity contribution in [2.24, 2.45) is 0 Å². The predicted molar refractivity (Wildman–Crippen MR) is 64.9 cm³/mol. The van der Waals surface area contributed by atoms with Crippen molar-refractivity contribution in [3.63, 3.8) is 0 Å². The molecule has 1 fully saturated rings. The summed E-state index contributed by atoms with van der Waals surface area (Å²) >= 11 is 7.13. The van der Waals surface area contributed by atoms with Gasteiger partial charge in [0, 0.05) is 33.7 Å². The second-order valence-corrected chi connectivity index (χ2v) is 6.82. The van der Waals surface area contributed by atoms with E-state index >= 15 is 0 Å². The summed E-state index contributed by atoms with van der Waals surface area (Å²) in [6, 6.07) is 0.439. The summed E-state index contributed by atoms with van der Waals surface area (Å²) in [6.07, 6.45) is 4.07. The lowest BCUT2D eigenvalue weighted by molar-refractivity contribution is 0.643. The van der Waals surface area contributed by atoms with Crippen LogP contribution < -0.4 is 5.32 Å². The van der Waals surface area contributed by atoms with E-state index in [0.717, 1.165) is 23.6 Å². The van der Waals surface area contributed by atoms with Crippen LogP contribution in [0.2, 0.25) is 4.47 Å². The lowest BCUT2D eigenvalue weighted by Gasteiger charge is -2.08. The van der Waals surface area contributed by atoms with Crippen LogP contribution in [0.5, 0.6) is 0 Å². The van der Waals surface area contributed by atoms with Gasteiger partial charge in [-0.1, -0.05) is 11.6 Å². The molecule has 0 aliphatic carbocycles. The molecule has 1 aromatic rings. The van der Waals surface area contributed by atoms with Crippen LogP contribution in [-0.4, -0.2) is 27.5 Å². The van der Waals surface area contributed by atoms with Crippen LogP contribution in [0, 0.1) is 0 Å². The maximum Gasteiger partial charge on any atom is 0.183 e. The molecule has 0 unspecified atom stereocenters. The second-order valence-electron chi connectivity index (χ2n) is 3.62. The third-order valence-corrected chi connectivity index (χ3v) is 5.08. The van der Waals surface area contributed by atoms with Gasteiger partial charge in [-0.05, 0) is 19.4 Å². The van der Waals surface area contributed by atoms with E-state index in [2.05, 4.69) is 10.3 Å². The first kappa shape index (κ1) is 11.5. The summed E-state index contributed by atoms with van der Waals surface area (Å²) < 4.78 is 12.3. The van der Waals surface area contributed by atoms with Crippen LogP contribution in [0.25, 0.3) is 0 Å². The highest BCUT2D eigenvalue weighted by atomic mass is 35.5. The average Bonchev–Trinajstić information content (AvgIpc) is 2.77. The SMILES string of the molecule is O=[S@](Cc1cnc(Cl)s1)C[C@H]1CCCN1. The van der Waals surface area contributed by atoms with E-state index in [1.54, 1.807) is 6.20 Å². The Morgan fingerprint density at radius 2 is 2.60 bits per heavy atom. The van der Waals surface area contributed by atoms with Crippen molar-refractivity contribution in [1.82, 2.24) is 10.3 Å². The number of halogens is 1. The molecule has 15 heavy (non-hydrogen) atoms. The van der Waals surface area contributed by atoms with Gasteiger partial charge in [0.15, 0.2) is 4.47 Å². The van der Waals surface area contributed by atoms with Gasteiger partial charge in [-0.2, -0.15) is 0 Å². The van der Waals surface area contributed by atoms with Crippen LogP contribution in [0.15, 0.2) is 6.20 Å². The van der Waals surface area contributed by atoms with Crippen LogP contribution in [0.4, 0.5) is 0 Å². The number of rotatable bonds is 4. The molecule has 0 saturated carbocycles. The highest BCUT2D eigenvalue weighted by Crippen LogP contribution is 2.19. The fourth-order valence-corrected chi connectivity index (χ4v) is 4.34. The van der Waals surface area contributed by atoms with Gasteiger partial charge in [0.2, 0.25) is 0 Å². The van der Waals surface area contributed by atoms with Crippen molar-refractivity contribution in [2.45, 2.75) is 24.6 Å². The Hall–Kier alpha value is 0.0300. The first-order valence-electron chi connectivity index (χ1n) is 4.92. The largest absolute Gasteiger partial charge is 0.313 e. The normalized spacial score (nSPS) is 23.1. The molecule has 1 saturated heterocycles. The number of aromatic nitrogens is 1. The van der Waals surface area contributed by atoms with Crippen LogP contribution >= 0.6 is 22.9 Å². The number of hydrogen-bond acceptors (Lipinski definition) is 4. The molecule has 1 aromatic heterocycles. The smallest absolute Gasteiger partial charge is 0.183 e. The molecule has 2 rings (SSSR count). The molecule has 3 nitrogen and oxygen atoms in total. The molecule has 84 valence electrons. The van der Waals surface area contributed by atoms with Crippen molar-refractivity contribution in [1.29, 1.82) is 0 Å². The zero-order valence-corrected chi connectivity index (χ0v) is 10.6. The van der Waals surface area contributed by atoms with Gasteiger partial charge in [0.25, 0.3) is 0 Å². The average molecular weight is 265 g/mol. The van der Waals surface area contributed by atoms with Gasteiger partial charge in [0.1, 0.15) is 0 Å². The predicted octanol–water partition coefficient (Wildman–Crippen LogP) is 1.80. The monoisotopic (exact) mass is 264 g/mol. The van der Waals surface area contributed by atoms with Gasteiger partial charge in [-0.3, -0.25) is 4.21 Å². The molecule has 1 aliphatic rings. The molecule has 6 heteroatoms. The molecule has 0 spiro atoms. The fourth-order valence-electron chi connectivity index (χ4n) is 1.69. The number of nitrogens with zero attached hydrogens (tertiary/aromatic N) is 1. The molecule has 0 bridgehead atoms. The van der Waals surface area contributed by atoms with Crippen LogP contribution in [-0.2, 0) is 16.6 Å². The third-order valence-electron chi connectivity index (χ3n) is 2.38. The van der Waals surface area contributed by atoms with Crippen LogP contribution in [0.1, 0.15) is 17.7 Å². The van der Waals surface area contributed by atoms with Crippen molar-refractivity contribution < 1.29 is 4.21 Å². The maximum absolute atomic E-state index is 11.8. The zero-order valence-electron chi connectivity index (χ0n) is 8.24. The maximum atomic E-state index is 11.8. The highest BCUT2D eigenvalue weighted by Gasteiger charge is 2.17. The van der Waals surface area contributed by atoms with Gasteiger partial charge >= 0.3 is 0 Å². The fraction of sp³-hybridized carbons (Fsp3) is 0.667. The lowest BCUT2D eigenvalue weighted by Crippen LogP contribution is -2.27. The summed E-state index contributed by atoms with van der Waals surface area (Å²) in [5.74, 6) is 1.33. The lowest BCUT2D eigenvalue weighted by atomic mass is 10.3. The van der Waals surface area contributed by atoms with E-state index in [0.29, 0.717) is 16.3 Å². The molecular weight excluding hydrogens is 252 g/mol. The van der Waals surface area contributed by atoms with Crippen molar-refractivity contribution in [2.75, 3.05) is 12.3 Å². The first-order chi connectivity index (χ1) is 7.24. The Balaban J connectivity index is 1.81. The number of hydrogen-bond donors (Lipinski definition) is 1. The summed E-state index contributed by atoms with van der Waals surface area (Å²) in [4.78, 5) is 4.95. The summed E-state index contributed by atoms with van der Waals surface area (Å²) in [6.45, 7) is 1.06. The molecule has 2 atom stereocenters. The second kappa shape index (κ2) is 5.39. The minimum absolute atomic E-state index is 0.439. The van der Waals surface area contributed by atoms with E-state index in [4.69, 9.17) is 11.6 Å². The molecular formula is C9H13ClN2OS2. The van der Waals surface area contributed by atoms with Crippen molar-refractivity contribution in [3.05, 3.63) is 15.5 Å². The zero-order chi connectivity index (χ0) is 10.7.